The van der Waals surface area contributed by atoms with Crippen LogP contribution in [0.4, 0.5) is 11.4 Å². The second-order valence-corrected chi connectivity index (χ2v) is 4.40. The molecule has 2 aliphatic rings. The number of anilines is 2. The van der Waals surface area contributed by atoms with Gasteiger partial charge in [-0.1, -0.05) is 6.07 Å². The molecule has 4 heteroatoms. The first-order chi connectivity index (χ1) is 7.69. The van der Waals surface area contributed by atoms with Gasteiger partial charge in [0.15, 0.2) is 0 Å². The van der Waals surface area contributed by atoms with Gasteiger partial charge in [-0.2, -0.15) is 0 Å². The zero-order chi connectivity index (χ0) is 11.3. The van der Waals surface area contributed by atoms with Crippen molar-refractivity contribution in [2.45, 2.75) is 25.3 Å². The predicted molar refractivity (Wildman–Crippen MR) is 61.7 cm³/mol. The van der Waals surface area contributed by atoms with Crippen LogP contribution in [0.2, 0.25) is 0 Å². The van der Waals surface area contributed by atoms with Crippen LogP contribution in [-0.4, -0.2) is 23.1 Å². The molecule has 1 fully saturated rings. The molecule has 0 aromatic heterocycles. The van der Waals surface area contributed by atoms with Gasteiger partial charge in [0.2, 0.25) is 5.91 Å². The van der Waals surface area contributed by atoms with Crippen molar-refractivity contribution in [2.24, 2.45) is 0 Å². The Hall–Kier alpha value is -1.71. The average Bonchev–Trinajstić information content (AvgIpc) is 3.03. The largest absolute Gasteiger partial charge is 0.506 e. The van der Waals surface area contributed by atoms with E-state index in [1.165, 1.54) is 0 Å². The normalized spacial score (nSPS) is 20.6. The maximum atomic E-state index is 12.0. The summed E-state index contributed by atoms with van der Waals surface area (Å²) < 4.78 is 0. The monoisotopic (exact) mass is 218 g/mol. The smallest absolute Gasteiger partial charge is 0.250 e. The molecular weight excluding hydrogens is 204 g/mol. The molecule has 1 aromatic carbocycles. The first kappa shape index (κ1) is 9.51. The highest BCUT2D eigenvalue weighted by Gasteiger charge is 2.57. The van der Waals surface area contributed by atoms with Gasteiger partial charge in [0, 0.05) is 6.54 Å². The Kier molecular flexibility index (Phi) is 1.73. The van der Waals surface area contributed by atoms with Crippen LogP contribution < -0.4 is 10.2 Å². The second-order valence-electron chi connectivity index (χ2n) is 4.40. The van der Waals surface area contributed by atoms with E-state index < -0.39 is 0 Å². The van der Waals surface area contributed by atoms with Gasteiger partial charge < -0.3 is 15.3 Å². The van der Waals surface area contributed by atoms with Crippen molar-refractivity contribution < 1.29 is 9.90 Å². The van der Waals surface area contributed by atoms with Gasteiger partial charge in [-0.15, -0.1) is 0 Å². The molecule has 3 rings (SSSR count). The number of nitrogens with one attached hydrogen (secondary N) is 1. The number of phenolic OH excluding ortho intramolecular Hbond substituents is 1. The molecule has 0 unspecified atom stereocenters. The van der Waals surface area contributed by atoms with E-state index in [1.807, 2.05) is 17.9 Å². The van der Waals surface area contributed by atoms with Crippen LogP contribution >= 0.6 is 0 Å². The number of para-hydroxylation sites is 1. The fourth-order valence-electron chi connectivity index (χ4n) is 2.57. The summed E-state index contributed by atoms with van der Waals surface area (Å²) in [5.74, 6) is 0.304. The lowest BCUT2D eigenvalue weighted by Crippen LogP contribution is -2.50. The van der Waals surface area contributed by atoms with Gasteiger partial charge in [0.1, 0.15) is 17.0 Å². The van der Waals surface area contributed by atoms with E-state index in [-0.39, 0.29) is 17.2 Å². The predicted octanol–water partition coefficient (Wildman–Crippen LogP) is 1.70. The number of hydrogen-bond acceptors (Lipinski definition) is 3. The molecular formula is C12H14N2O2. The van der Waals surface area contributed by atoms with E-state index in [0.29, 0.717) is 5.69 Å². The number of amides is 1. The minimum atomic E-state index is -0.388. The third-order valence-corrected chi connectivity index (χ3v) is 3.51. The summed E-state index contributed by atoms with van der Waals surface area (Å²) >= 11 is 0. The van der Waals surface area contributed by atoms with Crippen LogP contribution in [0.15, 0.2) is 18.2 Å². The number of aromatic hydroxyl groups is 1. The SMILES string of the molecule is CCN1c2c(O)cccc2NC(=O)C12CC2. The molecule has 1 heterocycles. The Morgan fingerprint density at radius 1 is 1.50 bits per heavy atom. The summed E-state index contributed by atoms with van der Waals surface area (Å²) in [6.45, 7) is 2.74. The van der Waals surface area contributed by atoms with Crippen LogP contribution in [0, 0.1) is 0 Å². The van der Waals surface area contributed by atoms with E-state index in [4.69, 9.17) is 0 Å². The van der Waals surface area contributed by atoms with Crippen molar-refractivity contribution in [2.75, 3.05) is 16.8 Å². The lowest BCUT2D eigenvalue weighted by molar-refractivity contribution is -0.118. The summed E-state index contributed by atoms with van der Waals surface area (Å²) in [6.07, 6.45) is 1.75. The van der Waals surface area contributed by atoms with Crippen molar-refractivity contribution >= 4 is 17.3 Å². The number of carbonyl (C=O) groups excluding carboxylic acids is 1. The molecule has 0 radical (unpaired) electrons. The van der Waals surface area contributed by atoms with E-state index in [9.17, 15) is 9.90 Å². The first-order valence-corrected chi connectivity index (χ1v) is 5.60. The Balaban J connectivity index is 2.18. The molecule has 1 amide bonds. The molecule has 1 spiro atoms. The average molecular weight is 218 g/mol. The summed E-state index contributed by atoms with van der Waals surface area (Å²) in [4.78, 5) is 14.0. The number of rotatable bonds is 1. The first-order valence-electron chi connectivity index (χ1n) is 5.60. The number of carbonyl (C=O) groups is 1. The number of hydrogen-bond donors (Lipinski definition) is 2. The molecule has 1 aliphatic carbocycles. The highest BCUT2D eigenvalue weighted by atomic mass is 16.3. The van der Waals surface area contributed by atoms with Crippen molar-refractivity contribution in [1.29, 1.82) is 0 Å². The molecule has 16 heavy (non-hydrogen) atoms. The van der Waals surface area contributed by atoms with E-state index >= 15 is 0 Å². The maximum absolute atomic E-state index is 12.0. The third-order valence-electron chi connectivity index (χ3n) is 3.51. The molecule has 1 saturated carbocycles. The summed E-state index contributed by atoms with van der Waals surface area (Å²) in [6, 6.07) is 5.23. The molecule has 1 aliphatic heterocycles. The Morgan fingerprint density at radius 2 is 2.25 bits per heavy atom. The minimum absolute atomic E-state index is 0.0625. The van der Waals surface area contributed by atoms with Crippen molar-refractivity contribution in [3.05, 3.63) is 18.2 Å². The zero-order valence-corrected chi connectivity index (χ0v) is 9.16. The van der Waals surface area contributed by atoms with Crippen LogP contribution in [0.1, 0.15) is 19.8 Å². The van der Waals surface area contributed by atoms with Gasteiger partial charge in [-0.25, -0.2) is 0 Å². The van der Waals surface area contributed by atoms with Crippen molar-refractivity contribution in [3.63, 3.8) is 0 Å². The lowest BCUT2D eigenvalue weighted by atomic mass is 10.1. The highest BCUT2D eigenvalue weighted by molar-refractivity contribution is 6.09. The number of phenols is 1. The molecule has 84 valence electrons. The highest BCUT2D eigenvalue weighted by Crippen LogP contribution is 2.52. The topological polar surface area (TPSA) is 52.6 Å². The lowest BCUT2D eigenvalue weighted by Gasteiger charge is -2.38. The summed E-state index contributed by atoms with van der Waals surface area (Å²) in [5.41, 5.74) is 1.09. The number of benzene rings is 1. The minimum Gasteiger partial charge on any atom is -0.506 e. The zero-order valence-electron chi connectivity index (χ0n) is 9.16. The summed E-state index contributed by atoms with van der Waals surface area (Å²) in [5, 5.41) is 12.8. The quantitative estimate of drug-likeness (QED) is 0.754. The molecule has 4 nitrogen and oxygen atoms in total. The van der Waals surface area contributed by atoms with Crippen LogP contribution in [0.3, 0.4) is 0 Å². The molecule has 0 saturated heterocycles. The molecule has 2 N–H and O–H groups in total. The van der Waals surface area contributed by atoms with Gasteiger partial charge in [-0.05, 0) is 31.9 Å². The van der Waals surface area contributed by atoms with Crippen molar-refractivity contribution in [1.82, 2.24) is 0 Å². The Labute approximate surface area is 93.9 Å². The van der Waals surface area contributed by atoms with Gasteiger partial charge in [-0.3, -0.25) is 4.79 Å². The number of fused-ring (bicyclic) bond motifs is 1. The van der Waals surface area contributed by atoms with Crippen LogP contribution in [-0.2, 0) is 4.79 Å². The van der Waals surface area contributed by atoms with Gasteiger partial charge in [0.05, 0.1) is 5.69 Å². The number of nitrogens with zero attached hydrogens (tertiary/aromatic N) is 1. The molecule has 0 bridgehead atoms. The fraction of sp³-hybridized carbons (Fsp3) is 0.417. The Bertz CT molecular complexity index is 466. The van der Waals surface area contributed by atoms with Gasteiger partial charge in [0.25, 0.3) is 0 Å². The van der Waals surface area contributed by atoms with E-state index in [2.05, 4.69) is 5.32 Å². The number of likely N-dealkylation sites (N-methyl/N-ethyl adjacent to an activating group) is 1. The van der Waals surface area contributed by atoms with Gasteiger partial charge >= 0.3 is 0 Å². The van der Waals surface area contributed by atoms with Crippen LogP contribution in [0.25, 0.3) is 0 Å². The maximum Gasteiger partial charge on any atom is 0.250 e. The third kappa shape index (κ3) is 1.01. The van der Waals surface area contributed by atoms with Crippen molar-refractivity contribution in [3.8, 4) is 5.75 Å². The molecule has 1 aromatic rings. The fourth-order valence-corrected chi connectivity index (χ4v) is 2.57. The van der Waals surface area contributed by atoms with E-state index in [1.54, 1.807) is 12.1 Å². The second kappa shape index (κ2) is 2.90. The summed E-state index contributed by atoms with van der Waals surface area (Å²) in [7, 11) is 0. The van der Waals surface area contributed by atoms with E-state index in [0.717, 1.165) is 25.1 Å². The van der Waals surface area contributed by atoms with Crippen LogP contribution in [0.5, 0.6) is 5.75 Å². The molecule has 0 atom stereocenters. The standard InChI is InChI=1S/C12H14N2O2/c1-2-14-10-8(4-3-5-9(10)15)13-11(16)12(14)6-7-12/h3-5,15H,2,6-7H2,1H3,(H,13,16). The Morgan fingerprint density at radius 3 is 2.88 bits per heavy atom.